The van der Waals surface area contributed by atoms with Gasteiger partial charge in [-0.1, -0.05) is 11.6 Å². The van der Waals surface area contributed by atoms with Crippen LogP contribution in [0.4, 0.5) is 0 Å². The first-order valence-electron chi connectivity index (χ1n) is 5.55. The summed E-state index contributed by atoms with van der Waals surface area (Å²) in [6, 6.07) is 4.39. The molecule has 2 rings (SSSR count). The van der Waals surface area contributed by atoms with Crippen molar-refractivity contribution in [2.75, 3.05) is 0 Å². The molecule has 1 aromatic carbocycles. The fraction of sp³-hybridized carbons (Fsp3) is 0.273. The van der Waals surface area contributed by atoms with Gasteiger partial charge in [0.2, 0.25) is 0 Å². The Bertz CT molecular complexity index is 677. The highest BCUT2D eigenvalue weighted by atomic mass is 35.5. The first-order valence-corrected chi connectivity index (χ1v) is 5.93. The van der Waals surface area contributed by atoms with Crippen LogP contribution < -0.4 is 5.69 Å². The van der Waals surface area contributed by atoms with Crippen molar-refractivity contribution in [3.63, 3.8) is 0 Å². The average molecular weight is 283 g/mol. The quantitative estimate of drug-likeness (QED) is 0.898. The van der Waals surface area contributed by atoms with E-state index in [4.69, 9.17) is 16.7 Å². The number of halogens is 1. The largest absolute Gasteiger partial charge is 0.478 e. The third-order valence-electron chi connectivity index (χ3n) is 2.61. The van der Waals surface area contributed by atoms with Crippen LogP contribution in [0.3, 0.4) is 0 Å². The van der Waals surface area contributed by atoms with Gasteiger partial charge in [-0.15, -0.1) is 0 Å². The molecule has 0 aliphatic heterocycles. The molecule has 2 aromatic rings. The first kappa shape index (κ1) is 13.3. The van der Waals surface area contributed by atoms with E-state index in [1.165, 1.54) is 22.9 Å². The van der Waals surface area contributed by atoms with Gasteiger partial charge < -0.3 is 5.11 Å². The van der Waals surface area contributed by atoms with Crippen LogP contribution in [0.2, 0.25) is 5.02 Å². The standard InChI is InChI=1S/C11H11ClN4O3/c1-2-15-11(19)16(14-13-15)6-7-5-8(12)3-4-9(7)10(17)18/h3-5H,2,6H2,1H3,(H,17,18). The van der Waals surface area contributed by atoms with Crippen LogP contribution in [0.25, 0.3) is 0 Å². The van der Waals surface area contributed by atoms with Gasteiger partial charge in [0.05, 0.1) is 12.1 Å². The van der Waals surface area contributed by atoms with Crippen molar-refractivity contribution >= 4 is 17.6 Å². The fourth-order valence-corrected chi connectivity index (χ4v) is 1.86. The summed E-state index contributed by atoms with van der Waals surface area (Å²) < 4.78 is 2.28. The van der Waals surface area contributed by atoms with E-state index in [0.29, 0.717) is 17.1 Å². The Labute approximate surface area is 113 Å². The molecule has 0 fully saturated rings. The second-order valence-electron chi connectivity index (χ2n) is 3.84. The van der Waals surface area contributed by atoms with E-state index >= 15 is 0 Å². The van der Waals surface area contributed by atoms with Gasteiger partial charge in [-0.05, 0) is 41.1 Å². The maximum Gasteiger partial charge on any atom is 0.363 e. The van der Waals surface area contributed by atoms with E-state index in [-0.39, 0.29) is 17.8 Å². The number of carboxylic acid groups (broad SMARTS) is 1. The minimum absolute atomic E-state index is 0.0149. The zero-order chi connectivity index (χ0) is 14.0. The molecular weight excluding hydrogens is 272 g/mol. The van der Waals surface area contributed by atoms with Crippen molar-refractivity contribution in [1.82, 2.24) is 19.8 Å². The molecular formula is C11H11ClN4O3. The molecule has 0 spiro atoms. The molecule has 0 saturated heterocycles. The lowest BCUT2D eigenvalue weighted by molar-refractivity contribution is 0.0695. The number of hydrogen-bond acceptors (Lipinski definition) is 4. The van der Waals surface area contributed by atoms with Crippen LogP contribution in [-0.4, -0.2) is 30.9 Å². The van der Waals surface area contributed by atoms with Gasteiger partial charge in [-0.3, -0.25) is 0 Å². The van der Waals surface area contributed by atoms with Gasteiger partial charge in [-0.25, -0.2) is 9.59 Å². The second kappa shape index (κ2) is 5.23. The van der Waals surface area contributed by atoms with Crippen LogP contribution in [0, 0.1) is 0 Å². The third-order valence-corrected chi connectivity index (χ3v) is 2.85. The predicted octanol–water partition coefficient (Wildman–Crippen LogP) is 0.860. The van der Waals surface area contributed by atoms with Crippen LogP contribution in [0.5, 0.6) is 0 Å². The van der Waals surface area contributed by atoms with Gasteiger partial charge in [-0.2, -0.15) is 9.36 Å². The zero-order valence-electron chi connectivity index (χ0n) is 10.1. The number of carbonyl (C=O) groups is 1. The number of benzene rings is 1. The highest BCUT2D eigenvalue weighted by Crippen LogP contribution is 2.16. The van der Waals surface area contributed by atoms with E-state index < -0.39 is 5.97 Å². The van der Waals surface area contributed by atoms with Crippen molar-refractivity contribution in [2.24, 2.45) is 0 Å². The molecule has 8 heteroatoms. The molecule has 0 bridgehead atoms. The molecule has 0 unspecified atom stereocenters. The number of aromatic nitrogens is 4. The molecule has 19 heavy (non-hydrogen) atoms. The highest BCUT2D eigenvalue weighted by Gasteiger charge is 2.13. The average Bonchev–Trinajstić information content (AvgIpc) is 2.70. The van der Waals surface area contributed by atoms with Crippen LogP contribution in [0.15, 0.2) is 23.0 Å². The molecule has 1 aromatic heterocycles. The molecule has 0 atom stereocenters. The zero-order valence-corrected chi connectivity index (χ0v) is 10.8. The molecule has 1 N–H and O–H groups in total. The van der Waals surface area contributed by atoms with Crippen molar-refractivity contribution in [1.29, 1.82) is 0 Å². The maximum atomic E-state index is 11.8. The summed E-state index contributed by atoms with van der Waals surface area (Å²) in [5.41, 5.74) is 0.103. The van der Waals surface area contributed by atoms with Crippen LogP contribution >= 0.6 is 11.6 Å². The molecule has 0 aliphatic rings. The molecule has 0 amide bonds. The minimum Gasteiger partial charge on any atom is -0.478 e. The molecule has 0 radical (unpaired) electrons. The number of hydrogen-bond donors (Lipinski definition) is 1. The van der Waals surface area contributed by atoms with Crippen LogP contribution in [-0.2, 0) is 13.1 Å². The summed E-state index contributed by atoms with van der Waals surface area (Å²) in [7, 11) is 0. The number of nitrogens with zero attached hydrogens (tertiary/aromatic N) is 4. The van der Waals surface area contributed by atoms with Gasteiger partial charge in [0.15, 0.2) is 0 Å². The lowest BCUT2D eigenvalue weighted by Crippen LogP contribution is -2.25. The van der Waals surface area contributed by atoms with Crippen molar-refractivity contribution in [3.8, 4) is 0 Å². The molecule has 0 saturated carbocycles. The van der Waals surface area contributed by atoms with Gasteiger partial charge in [0.25, 0.3) is 0 Å². The number of aromatic carboxylic acids is 1. The second-order valence-corrected chi connectivity index (χ2v) is 4.28. The molecule has 100 valence electrons. The summed E-state index contributed by atoms with van der Waals surface area (Å²) in [4.78, 5) is 22.9. The monoisotopic (exact) mass is 282 g/mol. The molecule has 7 nitrogen and oxygen atoms in total. The first-order chi connectivity index (χ1) is 9.02. The van der Waals surface area contributed by atoms with E-state index in [1.54, 1.807) is 6.92 Å². The van der Waals surface area contributed by atoms with Crippen LogP contribution in [0.1, 0.15) is 22.8 Å². The maximum absolute atomic E-state index is 11.8. The summed E-state index contributed by atoms with van der Waals surface area (Å²) in [6.07, 6.45) is 0. The normalized spacial score (nSPS) is 10.6. The third kappa shape index (κ3) is 2.65. The Balaban J connectivity index is 2.42. The smallest absolute Gasteiger partial charge is 0.363 e. The summed E-state index contributed by atoms with van der Waals surface area (Å²) in [6.45, 7) is 2.18. The van der Waals surface area contributed by atoms with Crippen molar-refractivity contribution in [3.05, 3.63) is 44.8 Å². The lowest BCUT2D eigenvalue weighted by Gasteiger charge is -2.05. The SMILES string of the molecule is CCn1nnn(Cc2cc(Cl)ccc2C(=O)O)c1=O. The highest BCUT2D eigenvalue weighted by molar-refractivity contribution is 6.30. The van der Waals surface area contributed by atoms with E-state index in [1.807, 2.05) is 0 Å². The Morgan fingerprint density at radius 1 is 1.37 bits per heavy atom. The Morgan fingerprint density at radius 2 is 2.05 bits per heavy atom. The van der Waals surface area contributed by atoms with E-state index in [9.17, 15) is 9.59 Å². The predicted molar refractivity (Wildman–Crippen MR) is 67.5 cm³/mol. The lowest BCUT2D eigenvalue weighted by atomic mass is 10.1. The number of tetrazole rings is 1. The van der Waals surface area contributed by atoms with Crippen molar-refractivity contribution < 1.29 is 9.90 Å². The van der Waals surface area contributed by atoms with Gasteiger partial charge in [0, 0.05) is 11.6 Å². The van der Waals surface area contributed by atoms with Gasteiger partial charge in [0.1, 0.15) is 0 Å². The number of aryl methyl sites for hydroxylation is 1. The van der Waals surface area contributed by atoms with Crippen molar-refractivity contribution in [2.45, 2.75) is 20.0 Å². The Morgan fingerprint density at radius 3 is 2.63 bits per heavy atom. The minimum atomic E-state index is -1.08. The fourth-order valence-electron chi connectivity index (χ4n) is 1.67. The summed E-state index contributed by atoms with van der Waals surface area (Å²) in [5, 5.41) is 16.8. The number of carboxylic acids is 1. The summed E-state index contributed by atoms with van der Waals surface area (Å²) in [5.74, 6) is -1.08. The molecule has 0 aliphatic carbocycles. The summed E-state index contributed by atoms with van der Waals surface area (Å²) >= 11 is 5.84. The Hall–Kier alpha value is -2.15. The van der Waals surface area contributed by atoms with E-state index in [2.05, 4.69) is 10.4 Å². The number of rotatable bonds is 4. The topological polar surface area (TPSA) is 90.0 Å². The Kier molecular flexibility index (Phi) is 3.66. The molecule has 1 heterocycles. The van der Waals surface area contributed by atoms with E-state index in [0.717, 1.165) is 4.68 Å². The van der Waals surface area contributed by atoms with Gasteiger partial charge >= 0.3 is 11.7 Å².